The van der Waals surface area contributed by atoms with Gasteiger partial charge in [0.15, 0.2) is 0 Å². The van der Waals surface area contributed by atoms with Gasteiger partial charge in [-0.25, -0.2) is 0 Å². The van der Waals surface area contributed by atoms with Crippen molar-refractivity contribution in [3.63, 3.8) is 0 Å². The van der Waals surface area contributed by atoms with Crippen molar-refractivity contribution in [2.45, 2.75) is 0 Å². The molecule has 1 aromatic rings. The van der Waals surface area contributed by atoms with Crippen LogP contribution >= 0.6 is 0 Å². The average Bonchev–Trinajstić information content (AvgIpc) is 2.40. The Morgan fingerprint density at radius 2 is 2.60 bits per heavy atom. The maximum absolute atomic E-state index is 10.5. The van der Waals surface area contributed by atoms with E-state index in [-0.39, 0.29) is 6.54 Å². The van der Waals surface area contributed by atoms with Crippen molar-refractivity contribution in [3.05, 3.63) is 18.3 Å². The number of rotatable bonds is 2. The highest BCUT2D eigenvalue weighted by Gasteiger charge is 1.99. The minimum absolute atomic E-state index is 0.0982. The number of nitrogens with one attached hydrogen (secondary N) is 1. The third-order valence-corrected chi connectivity index (χ3v) is 0.960. The van der Waals surface area contributed by atoms with Crippen LogP contribution in [0.3, 0.4) is 0 Å². The van der Waals surface area contributed by atoms with E-state index in [1.54, 1.807) is 18.3 Å². The number of carbonyl (C=O) groups excluding carboxylic acids is 1. The van der Waals surface area contributed by atoms with E-state index in [1.165, 1.54) is 0 Å². The van der Waals surface area contributed by atoms with Crippen LogP contribution in [-0.4, -0.2) is 17.5 Å². The normalized spacial score (nSPS) is 9.30. The van der Waals surface area contributed by atoms with Gasteiger partial charge in [0.25, 0.3) is 0 Å². The maximum Gasteiger partial charge on any atom is 0.326 e. The van der Waals surface area contributed by atoms with E-state index in [1.807, 2.05) is 0 Å². The topological polar surface area (TPSA) is 68.1 Å². The van der Waals surface area contributed by atoms with Crippen LogP contribution in [0.2, 0.25) is 0 Å². The molecule has 54 valence electrons. The lowest BCUT2D eigenvalue weighted by Crippen LogP contribution is -2.19. The predicted molar refractivity (Wildman–Crippen MR) is 35.5 cm³/mol. The summed E-state index contributed by atoms with van der Waals surface area (Å²) in [5, 5.41) is 0. The van der Waals surface area contributed by atoms with Crippen LogP contribution in [0, 0.1) is 0 Å². The van der Waals surface area contributed by atoms with Crippen molar-refractivity contribution < 1.29 is 9.53 Å². The van der Waals surface area contributed by atoms with Gasteiger partial charge in [0, 0.05) is 12.3 Å². The highest BCUT2D eigenvalue weighted by Crippen LogP contribution is 2.03. The molecule has 0 bridgehead atoms. The predicted octanol–water partition coefficient (Wildman–Crippen LogP) is -0.121. The Hall–Kier alpha value is -1.29. The molecule has 4 heteroatoms. The molecule has 0 amide bonds. The molecule has 0 spiro atoms. The summed E-state index contributed by atoms with van der Waals surface area (Å²) in [4.78, 5) is 13.2. The number of esters is 1. The summed E-state index contributed by atoms with van der Waals surface area (Å²) in [5.74, 6) is -0.0158. The maximum atomic E-state index is 10.5. The Morgan fingerprint density at radius 3 is 3.10 bits per heavy atom. The number of ether oxygens (including phenoxy) is 1. The van der Waals surface area contributed by atoms with Gasteiger partial charge >= 0.3 is 5.97 Å². The summed E-state index contributed by atoms with van der Waals surface area (Å²) in [6.45, 7) is -0.0982. The van der Waals surface area contributed by atoms with E-state index in [9.17, 15) is 4.79 Å². The van der Waals surface area contributed by atoms with Crippen LogP contribution in [0.4, 0.5) is 0 Å². The summed E-state index contributed by atoms with van der Waals surface area (Å²) >= 11 is 0. The minimum Gasteiger partial charge on any atom is -0.409 e. The third kappa shape index (κ3) is 1.60. The summed E-state index contributed by atoms with van der Waals surface area (Å²) < 4.78 is 4.68. The Labute approximate surface area is 58.0 Å². The van der Waals surface area contributed by atoms with Crippen molar-refractivity contribution in [1.29, 1.82) is 0 Å². The lowest BCUT2D eigenvalue weighted by atomic mass is 10.6. The van der Waals surface area contributed by atoms with Gasteiger partial charge < -0.3 is 15.5 Å². The number of aromatic amines is 1. The Balaban J connectivity index is 2.48. The molecule has 0 saturated carbocycles. The molecule has 0 radical (unpaired) electrons. The molecule has 1 aromatic heterocycles. The second-order valence-electron chi connectivity index (χ2n) is 1.71. The Kier molecular flexibility index (Phi) is 2.07. The first kappa shape index (κ1) is 6.82. The largest absolute Gasteiger partial charge is 0.409 e. The van der Waals surface area contributed by atoms with Crippen molar-refractivity contribution in [2.75, 3.05) is 6.54 Å². The molecule has 0 saturated heterocycles. The summed E-state index contributed by atoms with van der Waals surface area (Å²) in [6, 6.07) is 3.38. The van der Waals surface area contributed by atoms with Gasteiger partial charge in [0.1, 0.15) is 0 Å². The van der Waals surface area contributed by atoms with E-state index >= 15 is 0 Å². The quantitative estimate of drug-likeness (QED) is 0.562. The number of carbonyl (C=O) groups is 1. The monoisotopic (exact) mass is 140 g/mol. The van der Waals surface area contributed by atoms with Gasteiger partial charge in [-0.05, 0) is 6.07 Å². The second kappa shape index (κ2) is 3.03. The zero-order valence-corrected chi connectivity index (χ0v) is 5.33. The van der Waals surface area contributed by atoms with Gasteiger partial charge in [-0.3, -0.25) is 4.79 Å². The van der Waals surface area contributed by atoms with Crippen molar-refractivity contribution in [2.24, 2.45) is 5.73 Å². The van der Waals surface area contributed by atoms with Crippen LogP contribution in [0.15, 0.2) is 18.3 Å². The minimum atomic E-state index is -0.442. The summed E-state index contributed by atoms with van der Waals surface area (Å²) in [6.07, 6.45) is 1.67. The lowest BCUT2D eigenvalue weighted by Gasteiger charge is -1.96. The Bertz CT molecular complexity index is 206. The summed E-state index contributed by atoms with van der Waals surface area (Å²) in [7, 11) is 0. The highest BCUT2D eigenvalue weighted by atomic mass is 16.5. The van der Waals surface area contributed by atoms with Crippen molar-refractivity contribution in [1.82, 2.24) is 4.98 Å². The molecule has 0 aromatic carbocycles. The van der Waals surface area contributed by atoms with Crippen LogP contribution in [0.5, 0.6) is 5.88 Å². The first-order chi connectivity index (χ1) is 4.83. The zero-order valence-electron chi connectivity index (χ0n) is 5.33. The molecule has 10 heavy (non-hydrogen) atoms. The molecule has 1 heterocycles. The fourth-order valence-electron chi connectivity index (χ4n) is 0.542. The number of hydrogen-bond donors (Lipinski definition) is 2. The van der Waals surface area contributed by atoms with Crippen LogP contribution in [0.25, 0.3) is 0 Å². The van der Waals surface area contributed by atoms with E-state index in [2.05, 4.69) is 9.72 Å². The molecule has 3 N–H and O–H groups in total. The molecule has 0 fully saturated rings. The third-order valence-electron chi connectivity index (χ3n) is 0.960. The molecule has 1 rings (SSSR count). The molecule has 0 aliphatic rings. The second-order valence-corrected chi connectivity index (χ2v) is 1.71. The van der Waals surface area contributed by atoms with E-state index < -0.39 is 5.97 Å². The van der Waals surface area contributed by atoms with Gasteiger partial charge in [0.05, 0.1) is 6.54 Å². The number of aromatic nitrogens is 1. The van der Waals surface area contributed by atoms with Crippen molar-refractivity contribution in [3.8, 4) is 5.88 Å². The van der Waals surface area contributed by atoms with E-state index in [0.29, 0.717) is 5.88 Å². The molecule has 0 atom stereocenters. The fourth-order valence-corrected chi connectivity index (χ4v) is 0.542. The first-order valence-corrected chi connectivity index (χ1v) is 2.87. The molecular formula is C6H8N2O2. The number of nitrogens with two attached hydrogens (primary N) is 1. The SMILES string of the molecule is NCC(=O)Oc1ccc[nH]1. The zero-order chi connectivity index (χ0) is 7.40. The Morgan fingerprint density at radius 1 is 1.80 bits per heavy atom. The van der Waals surface area contributed by atoms with Gasteiger partial charge in [-0.15, -0.1) is 0 Å². The van der Waals surface area contributed by atoms with Crippen LogP contribution < -0.4 is 10.5 Å². The van der Waals surface area contributed by atoms with Crippen molar-refractivity contribution >= 4 is 5.97 Å². The van der Waals surface area contributed by atoms with E-state index in [4.69, 9.17) is 5.73 Å². The molecule has 0 unspecified atom stereocenters. The van der Waals surface area contributed by atoms with Gasteiger partial charge in [-0.2, -0.15) is 0 Å². The van der Waals surface area contributed by atoms with Gasteiger partial charge in [0.2, 0.25) is 5.88 Å². The highest BCUT2D eigenvalue weighted by molar-refractivity contribution is 5.73. The number of H-pyrrole nitrogens is 1. The summed E-state index contributed by atoms with van der Waals surface area (Å²) in [5.41, 5.74) is 5.00. The van der Waals surface area contributed by atoms with Crippen LogP contribution in [0.1, 0.15) is 0 Å². The first-order valence-electron chi connectivity index (χ1n) is 2.87. The smallest absolute Gasteiger partial charge is 0.326 e. The molecule has 0 aliphatic heterocycles. The molecule has 0 aliphatic carbocycles. The van der Waals surface area contributed by atoms with Gasteiger partial charge in [-0.1, -0.05) is 0 Å². The standard InChI is InChI=1S/C6H8N2O2/c7-4-6(9)10-5-2-1-3-8-5/h1-3,8H,4,7H2. The van der Waals surface area contributed by atoms with E-state index in [0.717, 1.165) is 0 Å². The average molecular weight is 140 g/mol. The van der Waals surface area contributed by atoms with Crippen LogP contribution in [-0.2, 0) is 4.79 Å². The molecule has 4 nitrogen and oxygen atoms in total. The number of hydrogen-bond acceptors (Lipinski definition) is 3. The molecular weight excluding hydrogens is 132 g/mol. The fraction of sp³-hybridized carbons (Fsp3) is 0.167. The lowest BCUT2D eigenvalue weighted by molar-refractivity contribution is -0.133.